The van der Waals surface area contributed by atoms with Gasteiger partial charge in [0.05, 0.1) is 6.04 Å². The van der Waals surface area contributed by atoms with Crippen LogP contribution in [0.1, 0.15) is 31.7 Å². The lowest BCUT2D eigenvalue weighted by Gasteiger charge is -2.17. The molecule has 0 bridgehead atoms. The molecule has 0 saturated carbocycles. The van der Waals surface area contributed by atoms with Gasteiger partial charge in [0, 0.05) is 24.3 Å². The summed E-state index contributed by atoms with van der Waals surface area (Å²) < 4.78 is 13.4. The van der Waals surface area contributed by atoms with E-state index in [0.29, 0.717) is 23.8 Å². The van der Waals surface area contributed by atoms with E-state index >= 15 is 0 Å². The zero-order chi connectivity index (χ0) is 18.7. The number of halogens is 1. The fourth-order valence-corrected chi connectivity index (χ4v) is 3.00. The first-order chi connectivity index (χ1) is 12.4. The number of amides is 3. The summed E-state index contributed by atoms with van der Waals surface area (Å²) in [4.78, 5) is 25.8. The number of nitrogens with one attached hydrogen (secondary N) is 2. The second-order valence-electron chi connectivity index (χ2n) is 6.76. The fraction of sp³-hybridized carbons (Fsp3) is 0.300. The van der Waals surface area contributed by atoms with Crippen LogP contribution >= 0.6 is 0 Å². The minimum Gasteiger partial charge on any atom is -0.333 e. The topological polar surface area (TPSA) is 61.4 Å². The van der Waals surface area contributed by atoms with Crippen LogP contribution in [0.25, 0.3) is 0 Å². The molecule has 1 saturated heterocycles. The van der Waals surface area contributed by atoms with Crippen LogP contribution < -0.4 is 15.5 Å². The SMILES string of the molecule is CC(C)c1ccc(NC(=O)N[C@@H]2CC(=O)N(c3cccc(F)c3)C2)cc1. The average molecular weight is 355 g/mol. The number of hydrogen-bond donors (Lipinski definition) is 2. The molecule has 6 heteroatoms. The largest absolute Gasteiger partial charge is 0.333 e. The van der Waals surface area contributed by atoms with Crippen LogP contribution in [0.2, 0.25) is 0 Å². The lowest BCUT2D eigenvalue weighted by molar-refractivity contribution is -0.117. The van der Waals surface area contributed by atoms with Crippen LogP contribution in [0.3, 0.4) is 0 Å². The van der Waals surface area contributed by atoms with Crippen LogP contribution in [0.15, 0.2) is 48.5 Å². The smallest absolute Gasteiger partial charge is 0.319 e. The molecule has 0 aromatic heterocycles. The maximum atomic E-state index is 13.4. The molecular weight excluding hydrogens is 333 g/mol. The highest BCUT2D eigenvalue weighted by molar-refractivity contribution is 5.97. The molecule has 5 nitrogen and oxygen atoms in total. The molecule has 0 spiro atoms. The number of benzene rings is 2. The third kappa shape index (κ3) is 4.20. The van der Waals surface area contributed by atoms with Crippen molar-refractivity contribution in [3.8, 4) is 0 Å². The Balaban J connectivity index is 1.57. The van der Waals surface area contributed by atoms with Gasteiger partial charge in [-0.25, -0.2) is 9.18 Å². The quantitative estimate of drug-likeness (QED) is 0.874. The monoisotopic (exact) mass is 355 g/mol. The van der Waals surface area contributed by atoms with Crippen molar-refractivity contribution in [3.05, 3.63) is 59.9 Å². The summed E-state index contributed by atoms with van der Waals surface area (Å²) in [6.07, 6.45) is 0.191. The number of carbonyl (C=O) groups excluding carboxylic acids is 2. The van der Waals surface area contributed by atoms with Gasteiger partial charge in [-0.05, 0) is 41.8 Å². The molecule has 1 aliphatic rings. The van der Waals surface area contributed by atoms with Gasteiger partial charge < -0.3 is 15.5 Å². The van der Waals surface area contributed by atoms with Crippen molar-refractivity contribution in [3.63, 3.8) is 0 Å². The third-order valence-corrected chi connectivity index (χ3v) is 4.42. The van der Waals surface area contributed by atoms with Gasteiger partial charge in [-0.2, -0.15) is 0 Å². The Bertz CT molecular complexity index is 805. The maximum Gasteiger partial charge on any atom is 0.319 e. The molecule has 136 valence electrons. The van der Waals surface area contributed by atoms with Gasteiger partial charge in [0.2, 0.25) is 5.91 Å². The van der Waals surface area contributed by atoms with Crippen molar-refractivity contribution in [2.24, 2.45) is 0 Å². The van der Waals surface area contributed by atoms with E-state index in [0.717, 1.165) is 0 Å². The van der Waals surface area contributed by atoms with Gasteiger partial charge in [-0.15, -0.1) is 0 Å². The summed E-state index contributed by atoms with van der Waals surface area (Å²) in [7, 11) is 0. The Labute approximate surface area is 152 Å². The standard InChI is InChI=1S/C20H22FN3O2/c1-13(2)14-6-8-16(9-7-14)22-20(26)23-17-11-19(25)24(12-17)18-5-3-4-15(21)10-18/h3-10,13,17H,11-12H2,1-2H3,(H2,22,23,26)/t17-/m1/s1. The van der Waals surface area contributed by atoms with Crippen molar-refractivity contribution in [1.29, 1.82) is 0 Å². The molecule has 2 N–H and O–H groups in total. The van der Waals surface area contributed by atoms with Crippen molar-refractivity contribution in [2.75, 3.05) is 16.8 Å². The van der Waals surface area contributed by atoms with Gasteiger partial charge in [0.15, 0.2) is 0 Å². The van der Waals surface area contributed by atoms with Crippen molar-refractivity contribution < 1.29 is 14.0 Å². The van der Waals surface area contributed by atoms with Crippen LogP contribution in [0.4, 0.5) is 20.6 Å². The van der Waals surface area contributed by atoms with E-state index in [9.17, 15) is 14.0 Å². The highest BCUT2D eigenvalue weighted by Crippen LogP contribution is 2.22. The van der Waals surface area contributed by atoms with Gasteiger partial charge in [-0.3, -0.25) is 4.79 Å². The number of nitrogens with zero attached hydrogens (tertiary/aromatic N) is 1. The zero-order valence-corrected chi connectivity index (χ0v) is 14.8. The summed E-state index contributed by atoms with van der Waals surface area (Å²) in [6.45, 7) is 4.54. The molecule has 1 aliphatic heterocycles. The molecule has 0 aliphatic carbocycles. The van der Waals surface area contributed by atoms with E-state index in [-0.39, 0.29) is 24.4 Å². The lowest BCUT2D eigenvalue weighted by atomic mass is 10.0. The first-order valence-corrected chi connectivity index (χ1v) is 8.66. The first-order valence-electron chi connectivity index (χ1n) is 8.66. The highest BCUT2D eigenvalue weighted by atomic mass is 19.1. The number of hydrogen-bond acceptors (Lipinski definition) is 2. The molecule has 26 heavy (non-hydrogen) atoms. The molecule has 1 heterocycles. The van der Waals surface area contributed by atoms with Crippen molar-refractivity contribution >= 4 is 23.3 Å². The Morgan fingerprint density at radius 1 is 1.19 bits per heavy atom. The second kappa shape index (κ2) is 7.56. The van der Waals surface area contributed by atoms with Crippen LogP contribution in [-0.2, 0) is 4.79 Å². The van der Waals surface area contributed by atoms with Gasteiger partial charge in [-0.1, -0.05) is 32.0 Å². The molecule has 0 unspecified atom stereocenters. The predicted molar refractivity (Wildman–Crippen MR) is 99.8 cm³/mol. The highest BCUT2D eigenvalue weighted by Gasteiger charge is 2.31. The van der Waals surface area contributed by atoms with E-state index in [4.69, 9.17) is 0 Å². The Morgan fingerprint density at radius 2 is 1.92 bits per heavy atom. The Kier molecular flexibility index (Phi) is 5.21. The second-order valence-corrected chi connectivity index (χ2v) is 6.76. The van der Waals surface area contributed by atoms with E-state index in [2.05, 4.69) is 24.5 Å². The molecule has 3 rings (SSSR count). The number of rotatable bonds is 4. The van der Waals surface area contributed by atoms with E-state index in [1.54, 1.807) is 12.1 Å². The molecule has 2 aromatic rings. The van der Waals surface area contributed by atoms with Gasteiger partial charge in [0.1, 0.15) is 5.82 Å². The van der Waals surface area contributed by atoms with E-state index in [1.165, 1.54) is 22.6 Å². The summed E-state index contributed by atoms with van der Waals surface area (Å²) in [5.74, 6) is -0.104. The van der Waals surface area contributed by atoms with E-state index < -0.39 is 5.82 Å². The molecule has 2 aromatic carbocycles. The van der Waals surface area contributed by atoms with Crippen LogP contribution in [0, 0.1) is 5.82 Å². The predicted octanol–water partition coefficient (Wildman–Crippen LogP) is 3.88. The van der Waals surface area contributed by atoms with Crippen LogP contribution in [-0.4, -0.2) is 24.5 Å². The Morgan fingerprint density at radius 3 is 2.58 bits per heavy atom. The fourth-order valence-electron chi connectivity index (χ4n) is 3.00. The first kappa shape index (κ1) is 17.9. The molecule has 1 fully saturated rings. The summed E-state index contributed by atoms with van der Waals surface area (Å²) in [6, 6.07) is 12.9. The normalized spacial score (nSPS) is 16.8. The zero-order valence-electron chi connectivity index (χ0n) is 14.8. The maximum absolute atomic E-state index is 13.4. The molecule has 1 atom stereocenters. The molecule has 0 radical (unpaired) electrons. The Hall–Kier alpha value is -2.89. The number of anilines is 2. The van der Waals surface area contributed by atoms with Crippen LogP contribution in [0.5, 0.6) is 0 Å². The summed E-state index contributed by atoms with van der Waals surface area (Å²) in [5, 5.41) is 5.58. The van der Waals surface area contributed by atoms with Gasteiger partial charge in [0.25, 0.3) is 0 Å². The minimum atomic E-state index is -0.394. The van der Waals surface area contributed by atoms with Gasteiger partial charge >= 0.3 is 6.03 Å². The minimum absolute atomic E-state index is 0.137. The summed E-state index contributed by atoms with van der Waals surface area (Å²) >= 11 is 0. The average Bonchev–Trinajstić information content (AvgIpc) is 2.95. The molecule has 3 amide bonds. The van der Waals surface area contributed by atoms with Crippen molar-refractivity contribution in [2.45, 2.75) is 32.2 Å². The molecular formula is C20H22FN3O2. The number of carbonyl (C=O) groups is 2. The number of urea groups is 1. The van der Waals surface area contributed by atoms with E-state index in [1.807, 2.05) is 24.3 Å². The third-order valence-electron chi connectivity index (χ3n) is 4.42. The van der Waals surface area contributed by atoms with Crippen molar-refractivity contribution in [1.82, 2.24) is 5.32 Å². The summed E-state index contributed by atoms with van der Waals surface area (Å²) in [5.41, 5.74) is 2.39. The lowest BCUT2D eigenvalue weighted by Crippen LogP contribution is -2.39.